The van der Waals surface area contributed by atoms with Crippen molar-refractivity contribution in [2.45, 2.75) is 74.5 Å². The van der Waals surface area contributed by atoms with Gasteiger partial charge >= 0.3 is 0 Å². The number of sulfonamides is 1. The molecule has 0 bridgehead atoms. The van der Waals surface area contributed by atoms with Crippen LogP contribution >= 0.6 is 11.6 Å². The Hall–Kier alpha value is -3.59. The molecule has 0 spiro atoms. The zero-order valence-corrected chi connectivity index (χ0v) is 27.4. The number of benzene rings is 4. The molecular weight excluding hydrogens is 620 g/mol. The number of carbonyl (C=O) groups excluding carboxylic acids is 1. The SMILES string of the molecule is O=C([C@@H]1CC(Oc2ccc(-c3ccc(Cl)cc3)cc2)CCN1S(=O)(=O)c1ccc2cc(OC3CCCC3)ccc2c1)N1CCCC1. The Morgan fingerprint density at radius 1 is 0.674 bits per heavy atom. The fourth-order valence-electron chi connectivity index (χ4n) is 7.01. The Balaban J connectivity index is 1.10. The third-order valence-corrected chi connectivity index (χ3v) is 11.7. The summed E-state index contributed by atoms with van der Waals surface area (Å²) < 4.78 is 42.3. The lowest BCUT2D eigenvalue weighted by molar-refractivity contribution is -0.136. The van der Waals surface area contributed by atoms with E-state index in [9.17, 15) is 13.2 Å². The molecule has 7 nitrogen and oxygen atoms in total. The largest absolute Gasteiger partial charge is 0.490 e. The summed E-state index contributed by atoms with van der Waals surface area (Å²) in [5.41, 5.74) is 2.09. The molecule has 4 aromatic rings. The molecule has 2 aliphatic heterocycles. The number of amides is 1. The number of halogens is 1. The van der Waals surface area contributed by atoms with Crippen LogP contribution in [0.5, 0.6) is 11.5 Å². The predicted molar refractivity (Wildman–Crippen MR) is 181 cm³/mol. The first-order chi connectivity index (χ1) is 22.3. The Bertz CT molecular complexity index is 1800. The van der Waals surface area contributed by atoms with Gasteiger partial charge in [-0.15, -0.1) is 0 Å². The molecule has 4 aromatic carbocycles. The first kappa shape index (κ1) is 31.0. The number of nitrogens with zero attached hydrogens (tertiary/aromatic N) is 2. The lowest BCUT2D eigenvalue weighted by Crippen LogP contribution is -2.55. The van der Waals surface area contributed by atoms with E-state index in [0.29, 0.717) is 36.7 Å². The maximum Gasteiger partial charge on any atom is 0.243 e. The molecule has 46 heavy (non-hydrogen) atoms. The van der Waals surface area contributed by atoms with Crippen LogP contribution < -0.4 is 9.47 Å². The number of fused-ring (bicyclic) bond motifs is 1. The zero-order valence-electron chi connectivity index (χ0n) is 25.8. The van der Waals surface area contributed by atoms with E-state index < -0.39 is 16.1 Å². The molecule has 7 rings (SSSR count). The summed E-state index contributed by atoms with van der Waals surface area (Å²) in [5, 5.41) is 2.44. The number of carbonyl (C=O) groups is 1. The summed E-state index contributed by atoms with van der Waals surface area (Å²) in [6.07, 6.45) is 7.15. The van der Waals surface area contributed by atoms with Crippen molar-refractivity contribution >= 4 is 38.3 Å². The molecule has 1 unspecified atom stereocenters. The molecule has 3 aliphatic rings. The fraction of sp³-hybridized carbons (Fsp3) is 0.378. The van der Waals surface area contributed by atoms with Crippen LogP contribution in [-0.2, 0) is 14.8 Å². The summed E-state index contributed by atoms with van der Waals surface area (Å²) in [6, 6.07) is 25.7. The predicted octanol–water partition coefficient (Wildman–Crippen LogP) is 7.70. The minimum atomic E-state index is -3.95. The second kappa shape index (κ2) is 13.3. The molecule has 1 aliphatic carbocycles. The molecule has 0 radical (unpaired) electrons. The smallest absolute Gasteiger partial charge is 0.243 e. The minimum Gasteiger partial charge on any atom is -0.490 e. The average molecular weight is 659 g/mol. The highest BCUT2D eigenvalue weighted by Gasteiger charge is 2.43. The number of likely N-dealkylation sites (tertiary alicyclic amines) is 1. The van der Waals surface area contributed by atoms with Gasteiger partial charge in [-0.3, -0.25) is 4.79 Å². The fourth-order valence-corrected chi connectivity index (χ4v) is 8.78. The molecule has 240 valence electrons. The normalized spacial score (nSPS) is 21.1. The highest BCUT2D eigenvalue weighted by molar-refractivity contribution is 7.89. The molecule has 2 atom stereocenters. The van der Waals surface area contributed by atoms with E-state index in [-0.39, 0.29) is 29.6 Å². The highest BCUT2D eigenvalue weighted by atomic mass is 35.5. The van der Waals surface area contributed by atoms with E-state index in [2.05, 4.69) is 0 Å². The van der Waals surface area contributed by atoms with E-state index in [1.54, 1.807) is 12.1 Å². The Labute approximate surface area is 276 Å². The second-order valence-corrected chi connectivity index (χ2v) is 15.0. The van der Waals surface area contributed by atoms with Crippen molar-refractivity contribution in [1.29, 1.82) is 0 Å². The van der Waals surface area contributed by atoms with E-state index >= 15 is 0 Å². The van der Waals surface area contributed by atoms with Crippen LogP contribution in [-0.4, -0.2) is 61.4 Å². The van der Waals surface area contributed by atoms with Crippen LogP contribution in [0.3, 0.4) is 0 Å². The van der Waals surface area contributed by atoms with Gasteiger partial charge in [-0.25, -0.2) is 8.42 Å². The Morgan fingerprint density at radius 2 is 1.28 bits per heavy atom. The molecule has 2 saturated heterocycles. The van der Waals surface area contributed by atoms with Gasteiger partial charge in [0.2, 0.25) is 15.9 Å². The van der Waals surface area contributed by atoms with E-state index in [1.165, 1.54) is 17.1 Å². The van der Waals surface area contributed by atoms with Gasteiger partial charge in [0.05, 0.1) is 11.0 Å². The summed E-state index contributed by atoms with van der Waals surface area (Å²) in [5.74, 6) is 1.37. The van der Waals surface area contributed by atoms with Crippen molar-refractivity contribution in [3.63, 3.8) is 0 Å². The van der Waals surface area contributed by atoms with E-state index in [1.807, 2.05) is 77.7 Å². The molecule has 1 saturated carbocycles. The number of piperidine rings is 1. The Kier molecular flexibility index (Phi) is 8.95. The van der Waals surface area contributed by atoms with E-state index in [4.69, 9.17) is 21.1 Å². The second-order valence-electron chi connectivity index (χ2n) is 12.7. The number of rotatable bonds is 8. The van der Waals surface area contributed by atoms with Crippen molar-refractivity contribution in [2.75, 3.05) is 19.6 Å². The number of ether oxygens (including phenoxy) is 2. The third kappa shape index (κ3) is 6.61. The van der Waals surface area contributed by atoms with Crippen LogP contribution in [0.2, 0.25) is 5.02 Å². The maximum atomic E-state index is 14.2. The molecule has 0 aromatic heterocycles. The summed E-state index contributed by atoms with van der Waals surface area (Å²) in [6.45, 7) is 1.51. The van der Waals surface area contributed by atoms with Gasteiger partial charge in [0, 0.05) is 31.1 Å². The van der Waals surface area contributed by atoms with Gasteiger partial charge < -0.3 is 14.4 Å². The van der Waals surface area contributed by atoms with Crippen LogP contribution in [0.4, 0.5) is 0 Å². The van der Waals surface area contributed by atoms with Crippen LogP contribution in [0.1, 0.15) is 51.4 Å². The molecule has 3 fully saturated rings. The van der Waals surface area contributed by atoms with Gasteiger partial charge in [-0.2, -0.15) is 4.31 Å². The summed E-state index contributed by atoms with van der Waals surface area (Å²) >= 11 is 6.04. The van der Waals surface area contributed by atoms with Crippen LogP contribution in [0.15, 0.2) is 89.8 Å². The molecule has 9 heteroatoms. The lowest BCUT2D eigenvalue weighted by atomic mass is 10.0. The van der Waals surface area contributed by atoms with Crippen molar-refractivity contribution in [3.05, 3.63) is 90.0 Å². The first-order valence-corrected chi connectivity index (χ1v) is 18.2. The highest BCUT2D eigenvalue weighted by Crippen LogP contribution is 2.33. The van der Waals surface area contributed by atoms with Gasteiger partial charge in [0.25, 0.3) is 0 Å². The number of hydrogen-bond acceptors (Lipinski definition) is 5. The van der Waals surface area contributed by atoms with Crippen molar-refractivity contribution < 1.29 is 22.7 Å². The summed E-state index contributed by atoms with van der Waals surface area (Å²) in [7, 11) is -3.95. The number of hydrogen-bond donors (Lipinski definition) is 0. The van der Waals surface area contributed by atoms with Gasteiger partial charge in [0.1, 0.15) is 23.6 Å². The topological polar surface area (TPSA) is 76.1 Å². The monoisotopic (exact) mass is 658 g/mol. The van der Waals surface area contributed by atoms with Crippen LogP contribution in [0.25, 0.3) is 21.9 Å². The molecular formula is C37H39ClN2O5S. The van der Waals surface area contributed by atoms with Gasteiger partial charge in [-0.05, 0) is 115 Å². The maximum absolute atomic E-state index is 14.2. The lowest BCUT2D eigenvalue weighted by Gasteiger charge is -2.39. The molecule has 2 heterocycles. The summed E-state index contributed by atoms with van der Waals surface area (Å²) in [4.78, 5) is 15.8. The van der Waals surface area contributed by atoms with Gasteiger partial charge in [-0.1, -0.05) is 48.0 Å². The van der Waals surface area contributed by atoms with Crippen molar-refractivity contribution in [1.82, 2.24) is 9.21 Å². The zero-order chi connectivity index (χ0) is 31.7. The molecule has 1 amide bonds. The van der Waals surface area contributed by atoms with Crippen molar-refractivity contribution in [3.8, 4) is 22.6 Å². The molecule has 0 N–H and O–H groups in total. The Morgan fingerprint density at radius 3 is 2.00 bits per heavy atom. The van der Waals surface area contributed by atoms with Crippen LogP contribution in [0, 0.1) is 0 Å². The standard InChI is InChI=1S/C37H39ClN2O5S/c38-30-13-7-26(8-14-30)27-9-15-32(16-10-27)45-34-19-22-40(36(25-34)37(41)39-20-3-4-21-39)46(42,43)35-18-12-28-23-33(17-11-29(28)24-35)44-31-5-1-2-6-31/h7-18,23-24,31,34,36H,1-6,19-22,25H2/t34?,36-/m0/s1. The third-order valence-electron chi connectivity index (χ3n) is 9.54. The average Bonchev–Trinajstić information content (AvgIpc) is 3.80. The van der Waals surface area contributed by atoms with Crippen molar-refractivity contribution in [2.24, 2.45) is 0 Å². The first-order valence-electron chi connectivity index (χ1n) is 16.4. The van der Waals surface area contributed by atoms with E-state index in [0.717, 1.165) is 53.3 Å². The minimum absolute atomic E-state index is 0.137. The quantitative estimate of drug-likeness (QED) is 0.194. The van der Waals surface area contributed by atoms with Gasteiger partial charge in [0.15, 0.2) is 0 Å².